The monoisotopic (exact) mass is 401 g/mol. The number of pyridine rings is 2. The predicted octanol–water partition coefficient (Wildman–Crippen LogP) is 6.49. The molecule has 4 rings (SSSR count). The average Bonchev–Trinajstić information content (AvgIpc) is 3.00. The van der Waals surface area contributed by atoms with Gasteiger partial charge in [0.25, 0.3) is 0 Å². The molecule has 156 valence electrons. The van der Waals surface area contributed by atoms with Gasteiger partial charge >= 0.3 is 0 Å². The topological polar surface area (TPSA) is 29.9 Å². The number of furan rings is 1. The van der Waals surface area contributed by atoms with Crippen molar-refractivity contribution in [3.8, 4) is 11.3 Å². The van der Waals surface area contributed by atoms with Gasteiger partial charge in [-0.25, -0.2) is 9.55 Å². The van der Waals surface area contributed by atoms with Gasteiger partial charge in [0.2, 0.25) is 11.4 Å². The van der Waals surface area contributed by atoms with E-state index in [4.69, 9.17) is 4.42 Å². The van der Waals surface area contributed by atoms with Crippen molar-refractivity contribution in [1.29, 1.82) is 0 Å². The van der Waals surface area contributed by atoms with Gasteiger partial charge < -0.3 is 4.42 Å². The van der Waals surface area contributed by atoms with E-state index in [9.17, 15) is 0 Å². The molecule has 30 heavy (non-hydrogen) atoms. The second-order valence-electron chi connectivity index (χ2n) is 9.56. The van der Waals surface area contributed by atoms with Gasteiger partial charge in [0.05, 0.1) is 5.56 Å². The van der Waals surface area contributed by atoms with Gasteiger partial charge in [-0.05, 0) is 61.8 Å². The first kappa shape index (κ1) is 20.6. The fourth-order valence-electron chi connectivity index (χ4n) is 4.48. The van der Waals surface area contributed by atoms with Crippen molar-refractivity contribution in [3.05, 3.63) is 58.9 Å². The zero-order chi connectivity index (χ0) is 21.6. The van der Waals surface area contributed by atoms with Crippen LogP contribution in [0.3, 0.4) is 0 Å². The summed E-state index contributed by atoms with van der Waals surface area (Å²) < 4.78 is 8.62. The van der Waals surface area contributed by atoms with Crippen molar-refractivity contribution in [2.45, 2.75) is 54.4 Å². The third-order valence-electron chi connectivity index (χ3n) is 5.82. The van der Waals surface area contributed by atoms with Crippen molar-refractivity contribution in [3.63, 3.8) is 0 Å². The molecule has 0 aliphatic heterocycles. The van der Waals surface area contributed by atoms with E-state index in [0.29, 0.717) is 11.8 Å². The highest BCUT2D eigenvalue weighted by atomic mass is 16.3. The van der Waals surface area contributed by atoms with Crippen LogP contribution in [0.25, 0.3) is 33.3 Å². The molecule has 1 aromatic carbocycles. The first-order chi connectivity index (χ1) is 14.2. The summed E-state index contributed by atoms with van der Waals surface area (Å²) in [5, 5.41) is 2.22. The van der Waals surface area contributed by atoms with E-state index < -0.39 is 0 Å². The highest BCUT2D eigenvalue weighted by Gasteiger charge is 2.23. The standard InChI is InChI=1S/C27H33N2O/c1-16(2)12-20-14-24(29(7)15-21(20)13-17(3)4)25-18(5)8-10-22-23-11-9-19(6)28-27(23)30-26(22)25/h8-11,14-17H,12-13H2,1-7H3/q+1. The molecule has 0 spiro atoms. The lowest BCUT2D eigenvalue weighted by molar-refractivity contribution is -0.660. The maximum atomic E-state index is 6.35. The second-order valence-corrected chi connectivity index (χ2v) is 9.56. The summed E-state index contributed by atoms with van der Waals surface area (Å²) in [6, 6.07) is 10.9. The quantitative estimate of drug-likeness (QED) is 0.358. The molecule has 0 N–H and O–H groups in total. The van der Waals surface area contributed by atoms with E-state index in [1.807, 2.05) is 6.92 Å². The van der Waals surface area contributed by atoms with E-state index in [2.05, 4.69) is 87.7 Å². The third-order valence-corrected chi connectivity index (χ3v) is 5.82. The number of aromatic nitrogens is 2. The molecular formula is C27H33N2O+. The Bertz CT molecular complexity index is 1230. The van der Waals surface area contributed by atoms with E-state index >= 15 is 0 Å². The molecule has 0 radical (unpaired) electrons. The van der Waals surface area contributed by atoms with E-state index in [1.54, 1.807) is 0 Å². The first-order valence-corrected chi connectivity index (χ1v) is 11.1. The SMILES string of the molecule is Cc1ccc2c(n1)oc1c(-c3cc(CC(C)C)c(CC(C)C)c[n+]3C)c(C)ccc12. The Balaban J connectivity index is 1.99. The molecule has 3 aromatic heterocycles. The van der Waals surface area contributed by atoms with Crippen LogP contribution >= 0.6 is 0 Å². The lowest BCUT2D eigenvalue weighted by atomic mass is 9.91. The third kappa shape index (κ3) is 3.74. The van der Waals surface area contributed by atoms with Crippen molar-refractivity contribution in [2.24, 2.45) is 18.9 Å². The van der Waals surface area contributed by atoms with Crippen molar-refractivity contribution >= 4 is 22.1 Å². The summed E-state index contributed by atoms with van der Waals surface area (Å²) in [5.41, 5.74) is 9.14. The minimum atomic E-state index is 0.617. The normalized spacial score (nSPS) is 12.0. The van der Waals surface area contributed by atoms with Gasteiger partial charge in [-0.1, -0.05) is 39.8 Å². The Morgan fingerprint density at radius 3 is 2.27 bits per heavy atom. The van der Waals surface area contributed by atoms with Crippen molar-refractivity contribution in [2.75, 3.05) is 0 Å². The van der Waals surface area contributed by atoms with Crippen LogP contribution in [-0.4, -0.2) is 4.98 Å². The number of fused-ring (bicyclic) bond motifs is 3. The summed E-state index contributed by atoms with van der Waals surface area (Å²) >= 11 is 0. The number of aryl methyl sites for hydroxylation is 3. The smallest absolute Gasteiger partial charge is 0.227 e. The predicted molar refractivity (Wildman–Crippen MR) is 125 cm³/mol. The molecule has 0 aliphatic rings. The largest absolute Gasteiger partial charge is 0.437 e. The summed E-state index contributed by atoms with van der Waals surface area (Å²) in [6.07, 6.45) is 4.52. The Labute approximate surface area is 179 Å². The summed E-state index contributed by atoms with van der Waals surface area (Å²) in [6.45, 7) is 13.4. The molecule has 3 nitrogen and oxygen atoms in total. The molecule has 4 aromatic rings. The lowest BCUT2D eigenvalue weighted by Crippen LogP contribution is -2.32. The Morgan fingerprint density at radius 2 is 1.57 bits per heavy atom. The molecular weight excluding hydrogens is 368 g/mol. The molecule has 0 bridgehead atoms. The Morgan fingerprint density at radius 1 is 0.900 bits per heavy atom. The number of nitrogens with zero attached hydrogens (tertiary/aromatic N) is 2. The van der Waals surface area contributed by atoms with Gasteiger partial charge in [-0.2, -0.15) is 0 Å². The van der Waals surface area contributed by atoms with Crippen LogP contribution < -0.4 is 4.57 Å². The van der Waals surface area contributed by atoms with Crippen LogP contribution in [0.15, 0.2) is 40.9 Å². The first-order valence-electron chi connectivity index (χ1n) is 11.1. The zero-order valence-electron chi connectivity index (χ0n) is 19.3. The molecule has 3 heterocycles. The summed E-state index contributed by atoms with van der Waals surface area (Å²) in [7, 11) is 2.15. The average molecular weight is 402 g/mol. The Kier molecular flexibility index (Phi) is 5.40. The van der Waals surface area contributed by atoms with E-state index in [1.165, 1.54) is 27.9 Å². The lowest BCUT2D eigenvalue weighted by Gasteiger charge is -2.15. The second kappa shape index (κ2) is 7.86. The van der Waals surface area contributed by atoms with Gasteiger partial charge in [0.15, 0.2) is 11.8 Å². The highest BCUT2D eigenvalue weighted by molar-refractivity contribution is 6.08. The molecule has 0 amide bonds. The summed E-state index contributed by atoms with van der Waals surface area (Å²) in [4.78, 5) is 4.63. The number of hydrogen-bond donors (Lipinski definition) is 0. The van der Waals surface area contributed by atoms with Gasteiger partial charge in [0, 0.05) is 28.1 Å². The minimum Gasteiger partial charge on any atom is -0.437 e. The van der Waals surface area contributed by atoms with Gasteiger partial charge in [-0.3, -0.25) is 0 Å². The summed E-state index contributed by atoms with van der Waals surface area (Å²) in [5.74, 6) is 1.25. The van der Waals surface area contributed by atoms with Crippen LogP contribution in [0.5, 0.6) is 0 Å². The maximum absolute atomic E-state index is 6.35. The van der Waals surface area contributed by atoms with Crippen LogP contribution in [-0.2, 0) is 19.9 Å². The van der Waals surface area contributed by atoms with Gasteiger partial charge in [-0.15, -0.1) is 0 Å². The van der Waals surface area contributed by atoms with Gasteiger partial charge in [0.1, 0.15) is 7.05 Å². The maximum Gasteiger partial charge on any atom is 0.227 e. The number of rotatable bonds is 5. The van der Waals surface area contributed by atoms with E-state index in [0.717, 1.165) is 40.6 Å². The van der Waals surface area contributed by atoms with E-state index in [-0.39, 0.29) is 0 Å². The Hall–Kier alpha value is -2.68. The van der Waals surface area contributed by atoms with Crippen LogP contribution in [0, 0.1) is 25.7 Å². The van der Waals surface area contributed by atoms with Crippen LogP contribution in [0.4, 0.5) is 0 Å². The van der Waals surface area contributed by atoms with Crippen molar-refractivity contribution in [1.82, 2.24) is 4.98 Å². The molecule has 0 saturated carbocycles. The fraction of sp³-hybridized carbons (Fsp3) is 0.407. The molecule has 0 unspecified atom stereocenters. The highest BCUT2D eigenvalue weighted by Crippen LogP contribution is 2.37. The number of benzene rings is 1. The molecule has 0 aliphatic carbocycles. The molecule has 0 saturated heterocycles. The molecule has 0 atom stereocenters. The van der Waals surface area contributed by atoms with Crippen molar-refractivity contribution < 1.29 is 8.98 Å². The fourth-order valence-corrected chi connectivity index (χ4v) is 4.48. The number of hydrogen-bond acceptors (Lipinski definition) is 2. The van der Waals surface area contributed by atoms with Crippen LogP contribution in [0.2, 0.25) is 0 Å². The minimum absolute atomic E-state index is 0.617. The van der Waals surface area contributed by atoms with Crippen LogP contribution in [0.1, 0.15) is 50.1 Å². The molecule has 3 heteroatoms. The zero-order valence-corrected chi connectivity index (χ0v) is 19.3. The molecule has 0 fully saturated rings.